The van der Waals surface area contributed by atoms with Gasteiger partial charge in [0.1, 0.15) is 10.6 Å². The van der Waals surface area contributed by atoms with Gasteiger partial charge in [-0.2, -0.15) is 5.26 Å². The Hall–Kier alpha value is -3.54. The summed E-state index contributed by atoms with van der Waals surface area (Å²) in [5, 5.41) is 19.2. The van der Waals surface area contributed by atoms with E-state index in [9.17, 15) is 5.26 Å². The van der Waals surface area contributed by atoms with Gasteiger partial charge < -0.3 is 9.64 Å². The van der Waals surface area contributed by atoms with Gasteiger partial charge in [-0.25, -0.2) is 4.98 Å². The third-order valence-electron chi connectivity index (χ3n) is 6.35. The number of azo groups is 1. The minimum Gasteiger partial charge on any atom is -0.494 e. The molecule has 3 heterocycles. The van der Waals surface area contributed by atoms with Crippen molar-refractivity contribution < 1.29 is 4.74 Å². The van der Waals surface area contributed by atoms with Gasteiger partial charge in [0.25, 0.3) is 0 Å². The van der Waals surface area contributed by atoms with Crippen LogP contribution in [0.4, 0.5) is 16.5 Å². The monoisotopic (exact) mass is 527 g/mol. The number of rotatable bonds is 9. The molecule has 1 aliphatic heterocycles. The fraction of sp³-hybridized carbons (Fsp3) is 0.310. The molecule has 0 aliphatic carbocycles. The highest BCUT2D eigenvalue weighted by atomic mass is 32.1. The van der Waals surface area contributed by atoms with Gasteiger partial charge in [-0.1, -0.05) is 31.1 Å². The molecule has 0 fully saturated rings. The van der Waals surface area contributed by atoms with E-state index in [4.69, 9.17) is 4.74 Å². The van der Waals surface area contributed by atoms with Crippen LogP contribution in [-0.4, -0.2) is 25.2 Å². The van der Waals surface area contributed by atoms with E-state index in [1.807, 2.05) is 36.4 Å². The number of unbranched alkanes of at least 4 members (excludes halogenated alkanes) is 2. The molecule has 8 heteroatoms. The first kappa shape index (κ1) is 25.1. The average Bonchev–Trinajstić information content (AvgIpc) is 3.47. The Morgan fingerprint density at radius 2 is 2.00 bits per heavy atom. The number of benzene rings is 2. The summed E-state index contributed by atoms with van der Waals surface area (Å²) in [5.74, 6) is 0.836. The smallest absolute Gasteiger partial charge is 0.231 e. The summed E-state index contributed by atoms with van der Waals surface area (Å²) in [6, 6.07) is 18.4. The zero-order valence-electron chi connectivity index (χ0n) is 21.1. The van der Waals surface area contributed by atoms with Crippen LogP contribution in [0.25, 0.3) is 21.2 Å². The summed E-state index contributed by atoms with van der Waals surface area (Å²) in [4.78, 5) is 8.84. The maximum atomic E-state index is 9.76. The van der Waals surface area contributed by atoms with Crippen molar-refractivity contribution in [1.82, 2.24) is 4.98 Å². The lowest BCUT2D eigenvalue weighted by atomic mass is 10.0. The summed E-state index contributed by atoms with van der Waals surface area (Å²) >= 11 is 3.07. The molecular formula is C29H29N5OS2. The van der Waals surface area contributed by atoms with Gasteiger partial charge in [0.05, 0.1) is 28.6 Å². The summed E-state index contributed by atoms with van der Waals surface area (Å²) in [5.41, 5.74) is 4.95. The van der Waals surface area contributed by atoms with Crippen LogP contribution in [0.2, 0.25) is 0 Å². The highest BCUT2D eigenvalue weighted by Gasteiger charge is 2.14. The Labute approximate surface area is 225 Å². The molecule has 4 aromatic rings. The third kappa shape index (κ3) is 6.07. The molecule has 188 valence electrons. The Morgan fingerprint density at radius 1 is 1.14 bits per heavy atom. The van der Waals surface area contributed by atoms with Crippen LogP contribution < -0.4 is 9.64 Å². The minimum atomic E-state index is 0.615. The highest BCUT2D eigenvalue weighted by Crippen LogP contribution is 2.37. The van der Waals surface area contributed by atoms with Gasteiger partial charge in [-0.3, -0.25) is 0 Å². The molecule has 0 bridgehead atoms. The quantitative estimate of drug-likeness (QED) is 0.124. The number of hydrogen-bond acceptors (Lipinski definition) is 8. The van der Waals surface area contributed by atoms with E-state index in [1.54, 1.807) is 11.3 Å². The first-order valence-corrected chi connectivity index (χ1v) is 14.3. The van der Waals surface area contributed by atoms with Crippen molar-refractivity contribution in [3.63, 3.8) is 0 Å². The molecule has 0 unspecified atom stereocenters. The Morgan fingerprint density at radius 3 is 2.78 bits per heavy atom. The van der Waals surface area contributed by atoms with E-state index < -0.39 is 0 Å². The third-order valence-corrected chi connectivity index (χ3v) is 8.34. The molecule has 1 aliphatic rings. The van der Waals surface area contributed by atoms with E-state index in [0.29, 0.717) is 10.7 Å². The lowest BCUT2D eigenvalue weighted by molar-refractivity contribution is 0.306. The molecular weight excluding hydrogens is 498 g/mol. The summed E-state index contributed by atoms with van der Waals surface area (Å²) < 4.78 is 6.83. The van der Waals surface area contributed by atoms with Crippen LogP contribution in [0.5, 0.6) is 5.75 Å². The predicted octanol–water partition coefficient (Wildman–Crippen LogP) is 8.79. The predicted molar refractivity (Wildman–Crippen MR) is 155 cm³/mol. The van der Waals surface area contributed by atoms with Crippen LogP contribution in [0.1, 0.15) is 48.6 Å². The molecule has 0 amide bonds. The van der Waals surface area contributed by atoms with E-state index >= 15 is 0 Å². The van der Waals surface area contributed by atoms with Gasteiger partial charge in [0.15, 0.2) is 0 Å². The Kier molecular flexibility index (Phi) is 7.93. The molecule has 0 atom stereocenters. The zero-order valence-corrected chi connectivity index (χ0v) is 22.7. The van der Waals surface area contributed by atoms with Gasteiger partial charge in [0.2, 0.25) is 5.13 Å². The van der Waals surface area contributed by atoms with Crippen LogP contribution in [0.3, 0.4) is 0 Å². The van der Waals surface area contributed by atoms with Crippen molar-refractivity contribution in [2.75, 3.05) is 25.1 Å². The number of ether oxygens (including phenoxy) is 1. The number of anilines is 1. The van der Waals surface area contributed by atoms with Crippen molar-refractivity contribution >= 4 is 60.4 Å². The molecule has 0 saturated heterocycles. The number of fused-ring (bicyclic) bond motifs is 2. The van der Waals surface area contributed by atoms with Gasteiger partial charge in [-0.15, -0.1) is 21.6 Å². The topological polar surface area (TPSA) is 73.9 Å². The number of nitriles is 1. The fourth-order valence-corrected chi connectivity index (χ4v) is 6.37. The van der Waals surface area contributed by atoms with Gasteiger partial charge >= 0.3 is 0 Å². The lowest BCUT2D eigenvalue weighted by Crippen LogP contribution is -2.24. The normalized spacial score (nSPS) is 13.8. The van der Waals surface area contributed by atoms with Crippen LogP contribution in [-0.2, 0) is 6.42 Å². The summed E-state index contributed by atoms with van der Waals surface area (Å²) in [6.07, 6.45) is 7.56. The van der Waals surface area contributed by atoms with Gasteiger partial charge in [0, 0.05) is 24.2 Å². The van der Waals surface area contributed by atoms with E-state index in [2.05, 4.69) is 58.4 Å². The fourth-order valence-electron chi connectivity index (χ4n) is 4.38. The Balaban J connectivity index is 1.27. The second-order valence-corrected chi connectivity index (χ2v) is 11.2. The number of thiophene rings is 1. The number of aryl methyl sites for hydroxylation is 1. The van der Waals surface area contributed by atoms with Crippen LogP contribution >= 0.6 is 22.7 Å². The molecule has 2 aromatic heterocycles. The van der Waals surface area contributed by atoms with Crippen LogP contribution in [0, 0.1) is 11.3 Å². The molecule has 6 nitrogen and oxygen atoms in total. The number of allylic oxidation sites excluding steroid dienone is 1. The summed E-state index contributed by atoms with van der Waals surface area (Å²) in [7, 11) is 2.13. The summed E-state index contributed by atoms with van der Waals surface area (Å²) in [6.45, 7) is 3.99. The van der Waals surface area contributed by atoms with Crippen molar-refractivity contribution in [3.8, 4) is 11.8 Å². The number of thiazole rings is 1. The van der Waals surface area contributed by atoms with E-state index in [1.165, 1.54) is 35.4 Å². The van der Waals surface area contributed by atoms with E-state index in [0.717, 1.165) is 63.8 Å². The SMILES string of the molecule is CCCCCOc1ccc(/C(C#N)=C/c2cc3sc(/N=N/c4ccc5c(c4)CCCN5C)nc3s2)cc1. The largest absolute Gasteiger partial charge is 0.494 e. The number of aromatic nitrogens is 1. The lowest BCUT2D eigenvalue weighted by Gasteiger charge is -2.27. The molecule has 5 rings (SSSR count). The molecule has 0 N–H and O–H groups in total. The van der Waals surface area contributed by atoms with Crippen molar-refractivity contribution in [2.24, 2.45) is 10.2 Å². The second-order valence-electron chi connectivity index (χ2n) is 9.10. The number of nitrogens with zero attached hydrogens (tertiary/aromatic N) is 5. The minimum absolute atomic E-state index is 0.615. The maximum Gasteiger partial charge on any atom is 0.231 e. The zero-order chi connectivity index (χ0) is 25.6. The van der Waals surface area contributed by atoms with Crippen molar-refractivity contribution in [3.05, 3.63) is 64.5 Å². The average molecular weight is 528 g/mol. The molecule has 0 radical (unpaired) electrons. The highest BCUT2D eigenvalue weighted by molar-refractivity contribution is 7.29. The first-order valence-electron chi connectivity index (χ1n) is 12.6. The van der Waals surface area contributed by atoms with Crippen molar-refractivity contribution in [1.29, 1.82) is 5.26 Å². The standard InChI is InChI=1S/C29H29N5OS2/c1-3-4-5-15-35-24-11-8-20(9-12-24)22(19-30)17-25-18-27-28(36-25)31-29(37-27)33-32-23-10-13-26-21(16-23)7-6-14-34(26)2/h8-13,16-18H,3-7,14-15H2,1-2H3/b22-17+,33-32+. The van der Waals surface area contributed by atoms with E-state index in [-0.39, 0.29) is 0 Å². The van der Waals surface area contributed by atoms with Crippen molar-refractivity contribution in [2.45, 2.75) is 39.0 Å². The molecule has 37 heavy (non-hydrogen) atoms. The second kappa shape index (κ2) is 11.7. The molecule has 0 saturated carbocycles. The molecule has 0 spiro atoms. The number of hydrogen-bond donors (Lipinski definition) is 0. The van der Waals surface area contributed by atoms with Crippen LogP contribution in [0.15, 0.2) is 58.8 Å². The maximum absolute atomic E-state index is 9.76. The van der Waals surface area contributed by atoms with Gasteiger partial charge in [-0.05, 0) is 85.0 Å². The molecule has 2 aromatic carbocycles. The Bertz CT molecular complexity index is 1440. The first-order chi connectivity index (χ1) is 18.1.